The molecule has 33 heavy (non-hydrogen) atoms. The number of rotatable bonds is 7. The highest BCUT2D eigenvalue weighted by atomic mass is 127. The number of benzene rings is 1. The van der Waals surface area contributed by atoms with E-state index in [2.05, 4.69) is 0 Å². The summed E-state index contributed by atoms with van der Waals surface area (Å²) in [5.74, 6) is -10.1. The molecule has 0 saturated heterocycles. The Balaban J connectivity index is 3.31. The van der Waals surface area contributed by atoms with Gasteiger partial charge in [-0.25, -0.2) is 9.52 Å². The highest BCUT2D eigenvalue weighted by Crippen LogP contribution is 2.50. The van der Waals surface area contributed by atoms with Crippen molar-refractivity contribution in [1.82, 2.24) is 4.72 Å². The molecule has 0 aliphatic rings. The predicted molar refractivity (Wildman–Crippen MR) is 107 cm³/mol. The average Bonchev–Trinajstić information content (AvgIpc) is 2.58. The number of amides is 1. The van der Waals surface area contributed by atoms with E-state index in [-0.39, 0.29) is 9.13 Å². The number of esters is 1. The standard InChI is InChI=1S/C15H14F6INO8S2/c1-12(2,3)31-11(25)7-4-5-8(9(22)6-7)10(24)23-32(26,27)14(18,19)13(16,17)15(20,21)33(28,29)30/h4-6H,1-3H3,(H,23,24)(H,28,29,30). The Bertz CT molecular complexity index is 1180. The molecule has 0 aromatic heterocycles. The van der Waals surface area contributed by atoms with Crippen molar-refractivity contribution in [2.75, 3.05) is 0 Å². The molecule has 0 aliphatic heterocycles. The van der Waals surface area contributed by atoms with Crippen LogP contribution in [0.3, 0.4) is 0 Å². The van der Waals surface area contributed by atoms with Gasteiger partial charge in [0.25, 0.3) is 5.91 Å². The van der Waals surface area contributed by atoms with Gasteiger partial charge < -0.3 is 4.74 Å². The summed E-state index contributed by atoms with van der Waals surface area (Å²) >= 11 is 1.35. The number of ether oxygens (including phenoxy) is 1. The lowest BCUT2D eigenvalue weighted by molar-refractivity contribution is -0.245. The number of carbonyl (C=O) groups is 2. The largest absolute Gasteiger partial charge is 0.456 e. The van der Waals surface area contributed by atoms with Gasteiger partial charge in [0, 0.05) is 3.57 Å². The summed E-state index contributed by atoms with van der Waals surface area (Å²) in [5, 5.41) is -13.8. The highest BCUT2D eigenvalue weighted by molar-refractivity contribution is 14.1. The Hall–Kier alpha value is -1.67. The number of nitrogens with one attached hydrogen (secondary N) is 1. The Morgan fingerprint density at radius 3 is 1.85 bits per heavy atom. The molecule has 1 rings (SSSR count). The number of carbonyl (C=O) groups excluding carboxylic acids is 2. The fourth-order valence-corrected chi connectivity index (χ4v) is 4.13. The lowest BCUT2D eigenvalue weighted by Crippen LogP contribution is -2.63. The normalized spacial score (nSPS) is 14.0. The van der Waals surface area contributed by atoms with Crippen molar-refractivity contribution in [3.05, 3.63) is 32.9 Å². The minimum Gasteiger partial charge on any atom is -0.456 e. The van der Waals surface area contributed by atoms with Crippen LogP contribution in [0, 0.1) is 3.57 Å². The van der Waals surface area contributed by atoms with Crippen LogP contribution in [0.1, 0.15) is 41.5 Å². The molecule has 0 saturated carbocycles. The van der Waals surface area contributed by atoms with Gasteiger partial charge in [0.15, 0.2) is 0 Å². The second-order valence-electron chi connectivity index (χ2n) is 7.21. The molecule has 0 bridgehead atoms. The average molecular weight is 641 g/mol. The van der Waals surface area contributed by atoms with E-state index in [1.165, 1.54) is 43.4 Å². The second-order valence-corrected chi connectivity index (χ2v) is 11.6. The van der Waals surface area contributed by atoms with Crippen LogP contribution in [0.25, 0.3) is 0 Å². The quantitative estimate of drug-likeness (QED) is 0.200. The van der Waals surface area contributed by atoms with E-state index in [4.69, 9.17) is 9.29 Å². The summed E-state index contributed by atoms with van der Waals surface area (Å²) in [6, 6.07) is 2.58. The summed E-state index contributed by atoms with van der Waals surface area (Å²) in [4.78, 5) is 24.1. The van der Waals surface area contributed by atoms with Gasteiger partial charge in [0.1, 0.15) is 5.60 Å². The molecule has 18 heteroatoms. The van der Waals surface area contributed by atoms with Gasteiger partial charge in [0.2, 0.25) is 0 Å². The first kappa shape index (κ1) is 29.4. The SMILES string of the molecule is CC(C)(C)OC(=O)c1ccc(C(=O)NS(=O)(=O)C(F)(F)C(F)(F)C(F)(F)S(=O)(=O)O)c(I)c1. The van der Waals surface area contributed by atoms with E-state index in [1.54, 1.807) is 0 Å². The van der Waals surface area contributed by atoms with E-state index in [9.17, 15) is 52.8 Å². The third-order valence-corrected chi connectivity index (χ3v) is 6.65. The molecule has 0 aliphatic carbocycles. The fourth-order valence-electron chi connectivity index (χ4n) is 1.90. The number of alkyl halides is 6. The summed E-state index contributed by atoms with van der Waals surface area (Å²) in [5.41, 5.74) is -1.85. The maximum atomic E-state index is 13.8. The van der Waals surface area contributed by atoms with Gasteiger partial charge in [-0.3, -0.25) is 9.35 Å². The zero-order valence-electron chi connectivity index (χ0n) is 16.5. The smallest absolute Gasteiger partial charge is 0.439 e. The van der Waals surface area contributed by atoms with Gasteiger partial charge >= 0.3 is 42.5 Å². The number of hydrogen-bond donors (Lipinski definition) is 2. The number of halogens is 7. The van der Waals surface area contributed by atoms with E-state index in [0.29, 0.717) is 4.72 Å². The molecule has 0 atom stereocenters. The van der Waals surface area contributed by atoms with Crippen molar-refractivity contribution >= 4 is 54.6 Å². The highest BCUT2D eigenvalue weighted by Gasteiger charge is 2.82. The fraction of sp³-hybridized carbons (Fsp3) is 0.467. The van der Waals surface area contributed by atoms with Gasteiger partial charge in [-0.05, 0) is 61.6 Å². The van der Waals surface area contributed by atoms with Crippen molar-refractivity contribution in [3.8, 4) is 0 Å². The molecule has 1 aromatic carbocycles. The zero-order chi connectivity index (χ0) is 26.4. The molecule has 1 aromatic rings. The maximum Gasteiger partial charge on any atom is 0.439 e. The molecular weight excluding hydrogens is 627 g/mol. The Morgan fingerprint density at radius 2 is 1.45 bits per heavy atom. The van der Waals surface area contributed by atoms with Crippen LogP contribution in [0.2, 0.25) is 0 Å². The molecule has 0 spiro atoms. The molecule has 1 amide bonds. The molecule has 0 heterocycles. The summed E-state index contributed by atoms with van der Waals surface area (Å²) in [6.07, 6.45) is 0. The monoisotopic (exact) mass is 641 g/mol. The number of hydrogen-bond acceptors (Lipinski definition) is 7. The Kier molecular flexibility index (Phi) is 7.86. The van der Waals surface area contributed by atoms with Crippen LogP contribution in [-0.2, 0) is 24.9 Å². The summed E-state index contributed by atoms with van der Waals surface area (Å²) in [6.45, 7) is 4.60. The Labute approximate surface area is 196 Å². The van der Waals surface area contributed by atoms with Crippen LogP contribution < -0.4 is 4.72 Å². The number of sulfonamides is 1. The molecule has 9 nitrogen and oxygen atoms in total. The van der Waals surface area contributed by atoms with Crippen molar-refractivity contribution in [2.45, 2.75) is 42.8 Å². The van der Waals surface area contributed by atoms with E-state index >= 15 is 0 Å². The lowest BCUT2D eigenvalue weighted by atomic mass is 10.1. The van der Waals surface area contributed by atoms with Crippen LogP contribution in [-0.4, -0.2) is 55.3 Å². The predicted octanol–water partition coefficient (Wildman–Crippen LogP) is 3.01. The van der Waals surface area contributed by atoms with Crippen molar-refractivity contribution < 1.29 is 62.1 Å². The van der Waals surface area contributed by atoms with Gasteiger partial charge in [-0.2, -0.15) is 43.2 Å². The van der Waals surface area contributed by atoms with Crippen LogP contribution in [0.4, 0.5) is 26.3 Å². The topological polar surface area (TPSA) is 144 Å². The molecule has 0 fully saturated rings. The summed E-state index contributed by atoms with van der Waals surface area (Å²) < 4.78 is 139. The third-order valence-electron chi connectivity index (χ3n) is 3.47. The molecule has 0 unspecified atom stereocenters. The summed E-state index contributed by atoms with van der Waals surface area (Å²) in [7, 11) is -14.2. The first-order valence-corrected chi connectivity index (χ1v) is 12.1. The van der Waals surface area contributed by atoms with Crippen LogP contribution in [0.5, 0.6) is 0 Å². The van der Waals surface area contributed by atoms with E-state index < -0.39 is 59.6 Å². The minimum absolute atomic E-state index is 0.168. The van der Waals surface area contributed by atoms with E-state index in [1.807, 2.05) is 0 Å². The third kappa shape index (κ3) is 5.70. The molecular formula is C15H14F6INO8S2. The van der Waals surface area contributed by atoms with Gasteiger partial charge in [-0.1, -0.05) is 0 Å². The second kappa shape index (κ2) is 8.84. The van der Waals surface area contributed by atoms with Crippen molar-refractivity contribution in [1.29, 1.82) is 0 Å². The maximum absolute atomic E-state index is 13.8. The first-order chi connectivity index (χ1) is 14.4. The van der Waals surface area contributed by atoms with Crippen molar-refractivity contribution in [2.24, 2.45) is 0 Å². The van der Waals surface area contributed by atoms with Gasteiger partial charge in [-0.15, -0.1) is 0 Å². The van der Waals surface area contributed by atoms with Crippen LogP contribution in [0.15, 0.2) is 18.2 Å². The van der Waals surface area contributed by atoms with Gasteiger partial charge in [0.05, 0.1) is 11.1 Å². The first-order valence-electron chi connectivity index (χ1n) is 8.09. The van der Waals surface area contributed by atoms with Crippen LogP contribution >= 0.6 is 22.6 Å². The van der Waals surface area contributed by atoms with E-state index in [0.717, 1.165) is 18.2 Å². The lowest BCUT2D eigenvalue weighted by Gasteiger charge is -2.30. The zero-order valence-corrected chi connectivity index (χ0v) is 20.3. The molecule has 2 N–H and O–H groups in total. The van der Waals surface area contributed by atoms with Crippen molar-refractivity contribution in [3.63, 3.8) is 0 Å². The molecule has 188 valence electrons. The Morgan fingerprint density at radius 1 is 0.970 bits per heavy atom. The molecule has 0 radical (unpaired) electrons. The minimum atomic E-state index is -7.20.